The first kappa shape index (κ1) is 14.9. The Morgan fingerprint density at radius 2 is 2.00 bits per heavy atom. The molecule has 0 saturated heterocycles. The molecule has 0 aliphatic carbocycles. The molecule has 0 atom stereocenters. The lowest BCUT2D eigenvalue weighted by molar-refractivity contribution is 0.102. The maximum atomic E-state index is 12.3. The van der Waals surface area contributed by atoms with Crippen LogP contribution in [0.3, 0.4) is 0 Å². The molecule has 0 aliphatic rings. The molecule has 104 valence electrons. The van der Waals surface area contributed by atoms with Crippen LogP contribution in [0.4, 0.5) is 5.69 Å². The fourth-order valence-electron chi connectivity index (χ4n) is 1.78. The Balaban J connectivity index is 2.30. The lowest BCUT2D eigenvalue weighted by Crippen LogP contribution is -2.13. The van der Waals surface area contributed by atoms with E-state index in [0.717, 1.165) is 10.0 Å². The predicted octanol–water partition coefficient (Wildman–Crippen LogP) is 4.67. The molecule has 1 amide bonds. The highest BCUT2D eigenvalue weighted by atomic mass is 79.9. The normalized spacial score (nSPS) is 10.2. The molecule has 1 N–H and O–H groups in total. The van der Waals surface area contributed by atoms with Crippen molar-refractivity contribution >= 4 is 39.1 Å². The molecule has 2 aromatic carbocycles. The minimum atomic E-state index is -0.246. The van der Waals surface area contributed by atoms with Gasteiger partial charge in [0.2, 0.25) is 0 Å². The van der Waals surface area contributed by atoms with Crippen molar-refractivity contribution in [2.24, 2.45) is 0 Å². The van der Waals surface area contributed by atoms with E-state index >= 15 is 0 Å². The van der Waals surface area contributed by atoms with Crippen LogP contribution in [0.15, 0.2) is 40.9 Å². The van der Waals surface area contributed by atoms with E-state index in [1.807, 2.05) is 25.1 Å². The molecule has 20 heavy (non-hydrogen) atoms. The maximum Gasteiger partial charge on any atom is 0.259 e. The minimum absolute atomic E-state index is 0.246. The lowest BCUT2D eigenvalue weighted by Gasteiger charge is -2.11. The van der Waals surface area contributed by atoms with Crippen LogP contribution in [0.25, 0.3) is 0 Å². The summed E-state index contributed by atoms with van der Waals surface area (Å²) in [5.74, 6) is 0.198. The second-order valence-corrected chi connectivity index (χ2v) is 5.57. The fourth-order valence-corrected chi connectivity index (χ4v) is 2.29. The van der Waals surface area contributed by atoms with Crippen molar-refractivity contribution in [3.05, 3.63) is 57.0 Å². The van der Waals surface area contributed by atoms with Gasteiger partial charge in [-0.05, 0) is 58.7 Å². The molecular weight excluding hydrogens is 342 g/mol. The van der Waals surface area contributed by atoms with E-state index in [2.05, 4.69) is 21.2 Å². The van der Waals surface area contributed by atoms with Gasteiger partial charge in [0.1, 0.15) is 5.75 Å². The van der Waals surface area contributed by atoms with E-state index < -0.39 is 0 Å². The van der Waals surface area contributed by atoms with Gasteiger partial charge in [0, 0.05) is 9.50 Å². The highest BCUT2D eigenvalue weighted by Gasteiger charge is 2.14. The van der Waals surface area contributed by atoms with Crippen molar-refractivity contribution < 1.29 is 9.53 Å². The van der Waals surface area contributed by atoms with E-state index in [-0.39, 0.29) is 5.91 Å². The van der Waals surface area contributed by atoms with Crippen LogP contribution >= 0.6 is 27.5 Å². The van der Waals surface area contributed by atoms with Gasteiger partial charge < -0.3 is 10.1 Å². The zero-order chi connectivity index (χ0) is 14.7. The number of benzene rings is 2. The zero-order valence-corrected chi connectivity index (χ0v) is 13.4. The molecule has 0 fully saturated rings. The number of carbonyl (C=O) groups excluding carboxylic acids is 1. The SMILES string of the molecule is COc1cc(Cl)ccc1C(=O)Nc1cc(C)ccc1Br. The van der Waals surface area contributed by atoms with Crippen molar-refractivity contribution in [3.63, 3.8) is 0 Å². The van der Waals surface area contributed by atoms with Crippen LogP contribution < -0.4 is 10.1 Å². The van der Waals surface area contributed by atoms with Crippen LogP contribution in [0, 0.1) is 6.92 Å². The number of anilines is 1. The van der Waals surface area contributed by atoms with E-state index in [1.165, 1.54) is 7.11 Å². The molecule has 2 aromatic rings. The number of halogens is 2. The van der Waals surface area contributed by atoms with E-state index in [0.29, 0.717) is 22.0 Å². The third-order valence-electron chi connectivity index (χ3n) is 2.78. The van der Waals surface area contributed by atoms with Gasteiger partial charge in [-0.1, -0.05) is 17.7 Å². The molecule has 0 heterocycles. The molecule has 5 heteroatoms. The van der Waals surface area contributed by atoms with Crippen LogP contribution in [0.1, 0.15) is 15.9 Å². The van der Waals surface area contributed by atoms with E-state index in [9.17, 15) is 4.79 Å². The summed E-state index contributed by atoms with van der Waals surface area (Å²) >= 11 is 9.30. The molecule has 0 spiro atoms. The van der Waals surface area contributed by atoms with Gasteiger partial charge in [0.25, 0.3) is 5.91 Å². The molecular formula is C15H13BrClNO2. The average molecular weight is 355 g/mol. The first-order valence-corrected chi connectivity index (χ1v) is 7.09. The molecule has 2 rings (SSSR count). The summed E-state index contributed by atoms with van der Waals surface area (Å²) in [7, 11) is 1.50. The van der Waals surface area contributed by atoms with Gasteiger partial charge >= 0.3 is 0 Å². The number of nitrogens with one attached hydrogen (secondary N) is 1. The highest BCUT2D eigenvalue weighted by Crippen LogP contribution is 2.27. The quantitative estimate of drug-likeness (QED) is 0.869. The number of ether oxygens (including phenoxy) is 1. The van der Waals surface area contributed by atoms with Crippen LogP contribution in [0.5, 0.6) is 5.75 Å². The van der Waals surface area contributed by atoms with Gasteiger partial charge in [-0.15, -0.1) is 0 Å². The van der Waals surface area contributed by atoms with Crippen LogP contribution in [-0.4, -0.2) is 13.0 Å². The van der Waals surface area contributed by atoms with Gasteiger partial charge in [-0.25, -0.2) is 0 Å². The summed E-state index contributed by atoms with van der Waals surface area (Å²) in [6.07, 6.45) is 0. The second kappa shape index (κ2) is 6.29. The first-order chi connectivity index (χ1) is 9.51. The van der Waals surface area contributed by atoms with Crippen LogP contribution in [0.2, 0.25) is 5.02 Å². The molecule has 0 bridgehead atoms. The number of aryl methyl sites for hydroxylation is 1. The van der Waals surface area contributed by atoms with Crippen molar-refractivity contribution in [1.29, 1.82) is 0 Å². The number of amides is 1. The minimum Gasteiger partial charge on any atom is -0.496 e. The molecule has 0 saturated carbocycles. The number of carbonyl (C=O) groups is 1. The smallest absolute Gasteiger partial charge is 0.259 e. The highest BCUT2D eigenvalue weighted by molar-refractivity contribution is 9.10. The Morgan fingerprint density at radius 3 is 2.70 bits per heavy atom. The monoisotopic (exact) mass is 353 g/mol. The van der Waals surface area contributed by atoms with Gasteiger partial charge in [-0.2, -0.15) is 0 Å². The number of hydrogen-bond acceptors (Lipinski definition) is 2. The lowest BCUT2D eigenvalue weighted by atomic mass is 10.1. The van der Waals surface area contributed by atoms with E-state index in [4.69, 9.17) is 16.3 Å². The third kappa shape index (κ3) is 3.32. The summed E-state index contributed by atoms with van der Waals surface area (Å²) in [4.78, 5) is 12.3. The number of methoxy groups -OCH3 is 1. The number of rotatable bonds is 3. The predicted molar refractivity (Wildman–Crippen MR) is 84.8 cm³/mol. The van der Waals surface area contributed by atoms with Gasteiger partial charge in [0.05, 0.1) is 18.4 Å². The molecule has 0 radical (unpaired) electrons. The Labute approximate surface area is 131 Å². The summed E-state index contributed by atoms with van der Waals surface area (Å²) < 4.78 is 6.01. The van der Waals surface area contributed by atoms with Gasteiger partial charge in [0.15, 0.2) is 0 Å². The van der Waals surface area contributed by atoms with Crippen LogP contribution in [-0.2, 0) is 0 Å². The van der Waals surface area contributed by atoms with Crippen molar-refractivity contribution in [1.82, 2.24) is 0 Å². The largest absolute Gasteiger partial charge is 0.496 e. The second-order valence-electron chi connectivity index (χ2n) is 4.28. The van der Waals surface area contributed by atoms with Gasteiger partial charge in [-0.3, -0.25) is 4.79 Å². The maximum absolute atomic E-state index is 12.3. The third-order valence-corrected chi connectivity index (χ3v) is 3.70. The van der Waals surface area contributed by atoms with E-state index in [1.54, 1.807) is 18.2 Å². The Morgan fingerprint density at radius 1 is 1.25 bits per heavy atom. The summed E-state index contributed by atoms with van der Waals surface area (Å²) in [6, 6.07) is 10.7. The molecule has 0 aliphatic heterocycles. The first-order valence-electron chi connectivity index (χ1n) is 5.92. The van der Waals surface area contributed by atoms with Crippen molar-refractivity contribution in [2.75, 3.05) is 12.4 Å². The standard InChI is InChI=1S/C15H13BrClNO2/c1-9-3-6-12(16)13(7-9)18-15(19)11-5-4-10(17)8-14(11)20-2/h3-8H,1-2H3,(H,18,19). The van der Waals surface area contributed by atoms with Crippen molar-refractivity contribution in [2.45, 2.75) is 6.92 Å². The molecule has 0 unspecified atom stereocenters. The Kier molecular flexibility index (Phi) is 4.68. The molecule has 0 aromatic heterocycles. The summed E-state index contributed by atoms with van der Waals surface area (Å²) in [5, 5.41) is 3.38. The Hall–Kier alpha value is -1.52. The fraction of sp³-hybridized carbons (Fsp3) is 0.133. The zero-order valence-electron chi connectivity index (χ0n) is 11.0. The topological polar surface area (TPSA) is 38.3 Å². The molecule has 3 nitrogen and oxygen atoms in total. The average Bonchev–Trinajstić information content (AvgIpc) is 2.42. The Bertz CT molecular complexity index is 658. The summed E-state index contributed by atoms with van der Waals surface area (Å²) in [6.45, 7) is 1.96. The summed E-state index contributed by atoms with van der Waals surface area (Å²) in [5.41, 5.74) is 2.21. The number of hydrogen-bond donors (Lipinski definition) is 1. The van der Waals surface area contributed by atoms with Crippen molar-refractivity contribution in [3.8, 4) is 5.75 Å².